The minimum absolute atomic E-state index is 0.113. The van der Waals surface area contributed by atoms with E-state index in [-0.39, 0.29) is 18.4 Å². The van der Waals surface area contributed by atoms with Gasteiger partial charge in [-0.25, -0.2) is 8.78 Å². The molecular weight excluding hydrogens is 366 g/mol. The van der Waals surface area contributed by atoms with Gasteiger partial charge in [0.15, 0.2) is 0 Å². The van der Waals surface area contributed by atoms with Crippen molar-refractivity contribution in [3.8, 4) is 5.75 Å². The van der Waals surface area contributed by atoms with Crippen molar-refractivity contribution in [1.82, 2.24) is 5.32 Å². The highest BCUT2D eigenvalue weighted by atomic mass is 35.5. The number of amides is 2. The molecule has 2 rings (SSSR count). The highest BCUT2D eigenvalue weighted by Crippen LogP contribution is 2.25. The molecule has 0 aliphatic rings. The summed E-state index contributed by atoms with van der Waals surface area (Å²) in [5, 5.41) is 2.82. The molecule has 26 heavy (non-hydrogen) atoms. The Morgan fingerprint density at radius 3 is 2.35 bits per heavy atom. The van der Waals surface area contributed by atoms with Crippen LogP contribution in [0.3, 0.4) is 0 Å². The minimum Gasteiger partial charge on any atom is -0.495 e. The fourth-order valence-corrected chi connectivity index (χ4v) is 2.72. The molecule has 0 heterocycles. The van der Waals surface area contributed by atoms with Gasteiger partial charge >= 0.3 is 0 Å². The molecule has 0 aliphatic carbocycles. The number of hydrogen-bond donors (Lipinski definition) is 2. The van der Waals surface area contributed by atoms with Crippen LogP contribution in [0, 0.1) is 11.6 Å². The van der Waals surface area contributed by atoms with Gasteiger partial charge in [0.2, 0.25) is 11.8 Å². The number of nitrogens with one attached hydrogen (secondary N) is 1. The predicted molar refractivity (Wildman–Crippen MR) is 92.9 cm³/mol. The third kappa shape index (κ3) is 5.42. The normalized spacial score (nSPS) is 11.7. The lowest BCUT2D eigenvalue weighted by molar-refractivity contribution is -0.127. The average Bonchev–Trinajstić information content (AvgIpc) is 2.53. The molecule has 0 unspecified atom stereocenters. The molecular formula is C18H17ClF2N2O3. The first-order valence-corrected chi connectivity index (χ1v) is 8.02. The van der Waals surface area contributed by atoms with Gasteiger partial charge in [-0.05, 0) is 35.4 Å². The number of carbonyl (C=O) groups is 2. The highest BCUT2D eigenvalue weighted by Gasteiger charge is 2.19. The van der Waals surface area contributed by atoms with E-state index in [4.69, 9.17) is 22.1 Å². The zero-order chi connectivity index (χ0) is 19.3. The Morgan fingerprint density at radius 1 is 1.15 bits per heavy atom. The Morgan fingerprint density at radius 2 is 1.81 bits per heavy atom. The van der Waals surface area contributed by atoms with Crippen molar-refractivity contribution < 1.29 is 23.1 Å². The monoisotopic (exact) mass is 382 g/mol. The third-order valence-corrected chi connectivity index (χ3v) is 3.92. The van der Waals surface area contributed by atoms with Gasteiger partial charge in [0.25, 0.3) is 0 Å². The maximum Gasteiger partial charge on any atom is 0.240 e. The molecule has 2 aromatic carbocycles. The van der Waals surface area contributed by atoms with Crippen LogP contribution >= 0.6 is 11.6 Å². The molecule has 0 fully saturated rings. The average molecular weight is 383 g/mol. The van der Waals surface area contributed by atoms with Crippen molar-refractivity contribution in [2.45, 2.75) is 18.9 Å². The molecule has 138 valence electrons. The predicted octanol–water partition coefficient (Wildman–Crippen LogP) is 2.38. The van der Waals surface area contributed by atoms with Gasteiger partial charge < -0.3 is 15.8 Å². The van der Waals surface area contributed by atoms with Crippen molar-refractivity contribution in [1.29, 1.82) is 0 Å². The van der Waals surface area contributed by atoms with E-state index in [0.717, 1.165) is 12.1 Å². The number of ether oxygens (including phenoxy) is 1. The highest BCUT2D eigenvalue weighted by molar-refractivity contribution is 6.32. The SMILES string of the molecule is COc1ccc(C[C@@H](NC(=O)Cc2cc(F)cc(F)c2)C(N)=O)cc1Cl. The molecule has 2 aromatic rings. The fraction of sp³-hybridized carbons (Fsp3) is 0.222. The van der Waals surface area contributed by atoms with Gasteiger partial charge in [-0.3, -0.25) is 9.59 Å². The molecule has 8 heteroatoms. The zero-order valence-electron chi connectivity index (χ0n) is 13.9. The number of nitrogens with two attached hydrogens (primary N) is 1. The van der Waals surface area contributed by atoms with Crippen LogP contribution in [0.5, 0.6) is 5.75 Å². The Labute approximate surface area is 154 Å². The first kappa shape index (κ1) is 19.7. The molecule has 5 nitrogen and oxygen atoms in total. The molecule has 1 atom stereocenters. The Bertz CT molecular complexity index is 810. The zero-order valence-corrected chi connectivity index (χ0v) is 14.6. The van der Waals surface area contributed by atoms with Crippen molar-refractivity contribution in [3.63, 3.8) is 0 Å². The first-order chi connectivity index (χ1) is 12.3. The molecule has 0 saturated carbocycles. The van der Waals surface area contributed by atoms with Gasteiger partial charge in [0.05, 0.1) is 18.6 Å². The molecule has 0 radical (unpaired) electrons. The smallest absolute Gasteiger partial charge is 0.240 e. The summed E-state index contributed by atoms with van der Waals surface area (Å²) in [5.74, 6) is -2.42. The van der Waals surface area contributed by atoms with E-state index in [0.29, 0.717) is 22.4 Å². The molecule has 0 aliphatic heterocycles. The Hall–Kier alpha value is -2.67. The Balaban J connectivity index is 2.06. The van der Waals surface area contributed by atoms with E-state index in [1.54, 1.807) is 18.2 Å². The summed E-state index contributed by atoms with van der Waals surface area (Å²) in [6.45, 7) is 0. The summed E-state index contributed by atoms with van der Waals surface area (Å²) in [5.41, 5.74) is 6.15. The maximum absolute atomic E-state index is 13.2. The minimum atomic E-state index is -0.995. The van der Waals surface area contributed by atoms with Gasteiger partial charge in [0.1, 0.15) is 23.4 Å². The van der Waals surface area contributed by atoms with E-state index < -0.39 is 29.5 Å². The molecule has 0 spiro atoms. The number of carbonyl (C=O) groups excluding carboxylic acids is 2. The number of halogens is 3. The molecule has 0 aromatic heterocycles. The summed E-state index contributed by atoms with van der Waals surface area (Å²) in [7, 11) is 1.47. The van der Waals surface area contributed by atoms with Crippen molar-refractivity contribution in [2.24, 2.45) is 5.73 Å². The summed E-state index contributed by atoms with van der Waals surface area (Å²) >= 11 is 6.04. The second kappa shape index (κ2) is 8.62. The second-order valence-corrected chi connectivity index (χ2v) is 6.06. The largest absolute Gasteiger partial charge is 0.495 e. The lowest BCUT2D eigenvalue weighted by atomic mass is 10.0. The maximum atomic E-state index is 13.2. The number of hydrogen-bond acceptors (Lipinski definition) is 3. The van der Waals surface area contributed by atoms with Crippen LogP contribution < -0.4 is 15.8 Å². The van der Waals surface area contributed by atoms with Crippen LogP contribution in [-0.4, -0.2) is 25.0 Å². The van der Waals surface area contributed by atoms with Gasteiger partial charge in [-0.1, -0.05) is 17.7 Å². The van der Waals surface area contributed by atoms with E-state index in [2.05, 4.69) is 5.32 Å². The second-order valence-electron chi connectivity index (χ2n) is 5.65. The van der Waals surface area contributed by atoms with Crippen molar-refractivity contribution in [2.75, 3.05) is 7.11 Å². The summed E-state index contributed by atoms with van der Waals surface area (Å²) in [6, 6.07) is 6.73. The van der Waals surface area contributed by atoms with E-state index >= 15 is 0 Å². The number of methoxy groups -OCH3 is 1. The van der Waals surface area contributed by atoms with Crippen LogP contribution in [0.15, 0.2) is 36.4 Å². The van der Waals surface area contributed by atoms with Crippen LogP contribution in [0.4, 0.5) is 8.78 Å². The lowest BCUT2D eigenvalue weighted by Crippen LogP contribution is -2.46. The fourth-order valence-electron chi connectivity index (χ4n) is 2.44. The molecule has 2 amide bonds. The molecule has 3 N–H and O–H groups in total. The first-order valence-electron chi connectivity index (χ1n) is 7.64. The summed E-state index contributed by atoms with van der Waals surface area (Å²) in [6.07, 6.45) is -0.176. The van der Waals surface area contributed by atoms with Crippen molar-refractivity contribution in [3.05, 3.63) is 64.2 Å². The van der Waals surface area contributed by atoms with Crippen molar-refractivity contribution >= 4 is 23.4 Å². The van der Waals surface area contributed by atoms with E-state index in [1.165, 1.54) is 7.11 Å². The van der Waals surface area contributed by atoms with Gasteiger partial charge in [-0.15, -0.1) is 0 Å². The van der Waals surface area contributed by atoms with Gasteiger partial charge in [-0.2, -0.15) is 0 Å². The summed E-state index contributed by atoms with van der Waals surface area (Å²) in [4.78, 5) is 23.7. The lowest BCUT2D eigenvalue weighted by Gasteiger charge is -2.16. The van der Waals surface area contributed by atoms with E-state index in [1.807, 2.05) is 0 Å². The topological polar surface area (TPSA) is 81.4 Å². The van der Waals surface area contributed by atoms with Crippen LogP contribution in [-0.2, 0) is 22.4 Å². The quantitative estimate of drug-likeness (QED) is 0.771. The van der Waals surface area contributed by atoms with Crippen LogP contribution in [0.2, 0.25) is 5.02 Å². The number of benzene rings is 2. The van der Waals surface area contributed by atoms with Crippen LogP contribution in [0.1, 0.15) is 11.1 Å². The number of primary amides is 1. The molecule has 0 bridgehead atoms. The molecule has 0 saturated heterocycles. The summed E-state index contributed by atoms with van der Waals surface area (Å²) < 4.78 is 31.4. The Kier molecular flexibility index (Phi) is 6.52. The third-order valence-electron chi connectivity index (χ3n) is 3.62. The van der Waals surface area contributed by atoms with Gasteiger partial charge in [0, 0.05) is 12.5 Å². The van der Waals surface area contributed by atoms with E-state index in [9.17, 15) is 18.4 Å². The standard InChI is InChI=1S/C18H17ClF2N2O3/c1-26-16-3-2-10(6-14(16)19)7-15(18(22)25)23-17(24)8-11-4-12(20)9-13(21)5-11/h2-6,9,15H,7-8H2,1H3,(H2,22,25)(H,23,24)/t15-/m1/s1. The number of rotatable bonds is 7. The van der Waals surface area contributed by atoms with Crippen LogP contribution in [0.25, 0.3) is 0 Å².